The molecule has 7 heteroatoms. The Bertz CT molecular complexity index is 2290. The highest BCUT2D eigenvalue weighted by Gasteiger charge is 2.39. The molecule has 1 atom stereocenters. The molecule has 0 amide bonds. The number of aryl methyl sites for hydroxylation is 1. The zero-order valence-electron chi connectivity index (χ0n) is 29.9. The van der Waals surface area contributed by atoms with Crippen molar-refractivity contribution in [1.29, 1.82) is 0 Å². The van der Waals surface area contributed by atoms with Crippen LogP contribution in [0.5, 0.6) is 0 Å². The summed E-state index contributed by atoms with van der Waals surface area (Å²) in [5, 5.41) is 26.4. The normalized spacial score (nSPS) is 18.7. The highest BCUT2D eigenvalue weighted by atomic mass is 35.5. The lowest BCUT2D eigenvalue weighted by molar-refractivity contribution is -0.138. The second kappa shape index (κ2) is 15.4. The molecule has 6 nitrogen and oxygen atoms in total. The van der Waals surface area contributed by atoms with Crippen LogP contribution in [-0.4, -0.2) is 33.3 Å². The Labute approximate surface area is 310 Å². The van der Waals surface area contributed by atoms with Crippen LogP contribution in [0.2, 0.25) is 0 Å². The van der Waals surface area contributed by atoms with Crippen molar-refractivity contribution in [3.63, 3.8) is 0 Å². The molecule has 0 saturated carbocycles. The Kier molecular flexibility index (Phi) is 10.6. The minimum Gasteiger partial charge on any atom is -0.481 e. The fourth-order valence-corrected chi connectivity index (χ4v) is 8.76. The third-order valence-corrected chi connectivity index (χ3v) is 11.6. The van der Waals surface area contributed by atoms with E-state index in [1.165, 1.54) is 43.7 Å². The molecule has 1 aliphatic carbocycles. The first-order valence-electron chi connectivity index (χ1n) is 18.8. The highest BCUT2D eigenvalue weighted by Crippen LogP contribution is 2.49. The van der Waals surface area contributed by atoms with Crippen molar-refractivity contribution in [3.8, 4) is 0 Å². The maximum Gasteiger partial charge on any atom is 0.303 e. The van der Waals surface area contributed by atoms with Crippen molar-refractivity contribution >= 4 is 67.8 Å². The molecule has 1 aromatic heterocycles. The number of carbonyl (C=O) groups is 2. The van der Waals surface area contributed by atoms with Crippen LogP contribution in [0.1, 0.15) is 83.1 Å². The molecule has 5 aromatic rings. The summed E-state index contributed by atoms with van der Waals surface area (Å²) in [5.41, 5.74) is 5.64. The van der Waals surface area contributed by atoms with E-state index in [0.29, 0.717) is 12.8 Å². The second-order valence-electron chi connectivity index (χ2n) is 14.5. The molecule has 0 bridgehead atoms. The van der Waals surface area contributed by atoms with Crippen LogP contribution < -0.4 is 10.2 Å². The molecule has 52 heavy (non-hydrogen) atoms. The molecule has 4 aromatic carbocycles. The molecule has 2 aliphatic rings. The summed E-state index contributed by atoms with van der Waals surface area (Å²) in [6.07, 6.45) is 17.2. The topological polar surface area (TPSA) is 82.8 Å². The largest absolute Gasteiger partial charge is 0.481 e. The number of nitrogens with zero attached hydrogens (tertiary/aromatic N) is 2. The molecule has 7 rings (SSSR count). The van der Waals surface area contributed by atoms with Crippen molar-refractivity contribution in [2.24, 2.45) is 0 Å². The summed E-state index contributed by atoms with van der Waals surface area (Å²) in [7, 11) is 0. The van der Waals surface area contributed by atoms with Crippen molar-refractivity contribution in [2.75, 3.05) is 11.4 Å². The van der Waals surface area contributed by atoms with Crippen LogP contribution in [0.25, 0.3) is 38.5 Å². The van der Waals surface area contributed by atoms with Crippen molar-refractivity contribution in [3.05, 3.63) is 118 Å². The molecular weight excluding hydrogens is 668 g/mol. The molecule has 268 valence electrons. The van der Waals surface area contributed by atoms with Gasteiger partial charge in [-0.1, -0.05) is 103 Å². The van der Waals surface area contributed by atoms with Gasteiger partial charge in [0, 0.05) is 63.7 Å². The number of aromatic nitrogens is 1. The SMILES string of the molecule is CC1(/C=C/C2=C(Cl)C(=C/C=c3\c4cccc5cccc(c54)n3CCCCCC(=O)O)/CCC2)c2cccc3cccc(c23)N1CCCCCC(=O)O. The van der Waals surface area contributed by atoms with Gasteiger partial charge in [0.1, 0.15) is 0 Å². The number of hydrogen-bond donors (Lipinski definition) is 2. The zero-order valence-corrected chi connectivity index (χ0v) is 30.7. The van der Waals surface area contributed by atoms with Gasteiger partial charge in [0.15, 0.2) is 0 Å². The molecule has 1 unspecified atom stereocenters. The summed E-state index contributed by atoms with van der Waals surface area (Å²) < 4.78 is 2.40. The maximum absolute atomic E-state index is 11.1. The van der Waals surface area contributed by atoms with Crippen molar-refractivity contribution in [1.82, 2.24) is 4.57 Å². The number of carboxylic acids is 2. The van der Waals surface area contributed by atoms with Gasteiger partial charge < -0.3 is 19.7 Å². The van der Waals surface area contributed by atoms with E-state index in [2.05, 4.69) is 113 Å². The number of halogens is 1. The van der Waals surface area contributed by atoms with Crippen LogP contribution in [-0.2, 0) is 21.7 Å². The first-order valence-corrected chi connectivity index (χ1v) is 19.2. The Morgan fingerprint density at radius 2 is 1.42 bits per heavy atom. The van der Waals surface area contributed by atoms with Crippen LogP contribution >= 0.6 is 11.6 Å². The molecule has 0 saturated heterocycles. The van der Waals surface area contributed by atoms with Crippen molar-refractivity contribution in [2.45, 2.75) is 89.6 Å². The van der Waals surface area contributed by atoms with Gasteiger partial charge in [0.05, 0.1) is 5.54 Å². The number of rotatable bonds is 15. The zero-order chi connectivity index (χ0) is 36.2. The van der Waals surface area contributed by atoms with E-state index in [0.717, 1.165) is 79.6 Å². The average Bonchev–Trinajstić information content (AvgIpc) is 3.57. The quantitative estimate of drug-likeness (QED) is 0.106. The maximum atomic E-state index is 11.1. The van der Waals surface area contributed by atoms with Gasteiger partial charge in [-0.25, -0.2) is 0 Å². The van der Waals surface area contributed by atoms with Gasteiger partial charge in [0.2, 0.25) is 0 Å². The first-order chi connectivity index (χ1) is 25.3. The molecular formula is C45H47ClN2O4. The van der Waals surface area contributed by atoms with E-state index in [1.54, 1.807) is 0 Å². The summed E-state index contributed by atoms with van der Waals surface area (Å²) in [5.74, 6) is -1.47. The molecule has 1 aliphatic heterocycles. The van der Waals surface area contributed by atoms with Gasteiger partial charge in [-0.05, 0) is 97.6 Å². The van der Waals surface area contributed by atoms with E-state index in [4.69, 9.17) is 21.8 Å². The van der Waals surface area contributed by atoms with Crippen molar-refractivity contribution < 1.29 is 19.8 Å². The summed E-state index contributed by atoms with van der Waals surface area (Å²) in [6, 6.07) is 26.0. The Hall–Kier alpha value is -4.81. The number of aliphatic carboxylic acids is 2. The molecule has 0 spiro atoms. The predicted molar refractivity (Wildman–Crippen MR) is 214 cm³/mol. The molecule has 0 radical (unpaired) electrons. The summed E-state index contributed by atoms with van der Waals surface area (Å²) >= 11 is 7.27. The van der Waals surface area contributed by atoms with Crippen LogP contribution in [0.4, 0.5) is 5.69 Å². The van der Waals surface area contributed by atoms with E-state index in [1.807, 2.05) is 0 Å². The first kappa shape index (κ1) is 35.6. The second-order valence-corrected chi connectivity index (χ2v) is 14.9. The standard InChI is InChI=1S/C45H47ClN2O4/c1-45(36-20-10-14-32-16-12-22-39(43(32)36)48(45)30-7-3-5-24-41(51)52)28-27-34-18-8-17-33(44(34)46)25-26-37-35-19-9-13-31-15-11-21-38(42(31)35)47(37)29-6-2-4-23-40(49)50/h9-16,19-22,25-28H,2-8,17-18,23-24,29-30H2,1H3,(H,49,50)(H,51,52)/b28-27+,33-25+,37-26+. The molecule has 2 heterocycles. The predicted octanol–water partition coefficient (Wildman–Crippen LogP) is 10.6. The van der Waals surface area contributed by atoms with Crippen LogP contribution in [0.15, 0.2) is 107 Å². The Morgan fingerprint density at radius 3 is 2.15 bits per heavy atom. The lowest BCUT2D eigenvalue weighted by atomic mass is 9.88. The number of benzene rings is 4. The number of allylic oxidation sites excluding steroid dienone is 5. The molecule has 0 fully saturated rings. The third kappa shape index (κ3) is 7.01. The monoisotopic (exact) mass is 714 g/mol. The lowest BCUT2D eigenvalue weighted by Gasteiger charge is -2.37. The van der Waals surface area contributed by atoms with Gasteiger partial charge >= 0.3 is 11.9 Å². The average molecular weight is 715 g/mol. The highest BCUT2D eigenvalue weighted by molar-refractivity contribution is 6.32. The van der Waals surface area contributed by atoms with Gasteiger partial charge in [-0.15, -0.1) is 0 Å². The number of carboxylic acid groups (broad SMARTS) is 2. The Balaban J connectivity index is 1.21. The van der Waals surface area contributed by atoms with Gasteiger partial charge in [0.25, 0.3) is 0 Å². The minimum atomic E-state index is -0.737. The summed E-state index contributed by atoms with van der Waals surface area (Å²) in [4.78, 5) is 24.7. The van der Waals surface area contributed by atoms with Crippen LogP contribution in [0.3, 0.4) is 0 Å². The fraction of sp³-hybridized carbons (Fsp3) is 0.333. The molecule has 2 N–H and O–H groups in total. The van der Waals surface area contributed by atoms with E-state index in [-0.39, 0.29) is 18.4 Å². The van der Waals surface area contributed by atoms with E-state index >= 15 is 0 Å². The van der Waals surface area contributed by atoms with Gasteiger partial charge in [-0.3, -0.25) is 9.59 Å². The number of unbranched alkanes of at least 4 members (excludes halogenated alkanes) is 4. The van der Waals surface area contributed by atoms with Gasteiger partial charge in [-0.2, -0.15) is 0 Å². The number of anilines is 1. The summed E-state index contributed by atoms with van der Waals surface area (Å²) in [6.45, 7) is 3.96. The lowest BCUT2D eigenvalue weighted by Crippen LogP contribution is -2.40. The fourth-order valence-electron chi connectivity index (χ4n) is 8.45. The van der Waals surface area contributed by atoms with E-state index < -0.39 is 11.9 Å². The minimum absolute atomic E-state index is 0.209. The number of hydrogen-bond acceptors (Lipinski definition) is 3. The van der Waals surface area contributed by atoms with Crippen LogP contribution in [0, 0.1) is 0 Å². The smallest absolute Gasteiger partial charge is 0.303 e. The van der Waals surface area contributed by atoms with E-state index in [9.17, 15) is 9.59 Å². The third-order valence-electron chi connectivity index (χ3n) is 11.1. The Morgan fingerprint density at radius 1 is 0.769 bits per heavy atom.